The quantitative estimate of drug-likeness (QED) is 0.164. The lowest BCUT2D eigenvalue weighted by Gasteiger charge is -2.10. The molecular formula is C73H44ClN5O2. The molecule has 7 nitrogen and oxygen atoms in total. The molecule has 0 atom stereocenters. The molecule has 380 valence electrons. The van der Waals surface area contributed by atoms with Crippen LogP contribution in [0.2, 0.25) is 5.28 Å². The fourth-order valence-corrected chi connectivity index (χ4v) is 11.9. The Kier molecular flexibility index (Phi) is 8.71. The smallest absolute Gasteiger partial charge is 0.238 e. The van der Waals surface area contributed by atoms with Gasteiger partial charge in [0.15, 0.2) is 0 Å². The summed E-state index contributed by atoms with van der Waals surface area (Å²) in [5.41, 5.74) is 9.42. The van der Waals surface area contributed by atoms with Crippen LogP contribution >= 0.6 is 11.6 Å². The molecule has 0 radical (unpaired) electrons. The second-order valence-corrected chi connectivity index (χ2v) is 20.2. The molecule has 0 spiro atoms. The second kappa shape index (κ2) is 18.9. The lowest BCUT2D eigenvalue weighted by Crippen LogP contribution is -2.02. The van der Waals surface area contributed by atoms with Crippen LogP contribution in [0.25, 0.3) is 149 Å². The molecule has 18 rings (SSSR count). The van der Waals surface area contributed by atoms with Gasteiger partial charge in [-0.15, -0.1) is 0 Å². The molecule has 81 heavy (non-hydrogen) atoms. The van der Waals surface area contributed by atoms with Crippen molar-refractivity contribution in [2.75, 3.05) is 0 Å². The predicted molar refractivity (Wildman–Crippen MR) is 334 cm³/mol. The van der Waals surface area contributed by atoms with Crippen LogP contribution in [0.5, 0.6) is 0 Å². The van der Waals surface area contributed by atoms with Gasteiger partial charge >= 0.3 is 0 Å². The average molecular weight is 1070 g/mol. The highest BCUT2D eigenvalue weighted by atomic mass is 35.5. The van der Waals surface area contributed by atoms with Crippen LogP contribution < -0.4 is 0 Å². The van der Waals surface area contributed by atoms with Crippen LogP contribution in [0.1, 0.15) is 24.8 Å². The van der Waals surface area contributed by atoms with Crippen molar-refractivity contribution in [1.82, 2.24) is 24.5 Å². The SMILES string of the molecule is [2H]c1c([2H])c([2H])c(-c2nc(-n3c4cc5ccccc5cc4c4c5ccccc5ccc43)nc3oc4ccccc4c23)c([2H])c1[2H].[2H]c1c([2H])c([2H])c(-c2nc(Cl)nc3oc4ccccc4c23)c([2H])c1[2H].c1ccc2cc3c(cc2c1)Cc1ccc2ccccc2c1-3. The third-order valence-corrected chi connectivity index (χ3v) is 15.4. The van der Waals surface area contributed by atoms with Crippen molar-refractivity contribution >= 4 is 121 Å². The van der Waals surface area contributed by atoms with E-state index in [2.05, 4.69) is 131 Å². The zero-order valence-corrected chi connectivity index (χ0v) is 43.4. The molecule has 0 unspecified atom stereocenters. The van der Waals surface area contributed by atoms with Crippen LogP contribution in [0.4, 0.5) is 0 Å². The maximum atomic E-state index is 8.83. The third kappa shape index (κ3) is 7.81. The first-order chi connectivity index (χ1) is 44.2. The lowest BCUT2D eigenvalue weighted by atomic mass is 9.96. The number of aromatic nitrogens is 5. The summed E-state index contributed by atoms with van der Waals surface area (Å²) in [5.74, 6) is 0.272. The van der Waals surface area contributed by atoms with Gasteiger partial charge in [-0.3, -0.25) is 4.57 Å². The molecule has 1 aliphatic carbocycles. The van der Waals surface area contributed by atoms with Gasteiger partial charge in [-0.2, -0.15) is 9.97 Å². The Hall–Kier alpha value is -10.5. The van der Waals surface area contributed by atoms with Crippen LogP contribution in [0.15, 0.2) is 263 Å². The topological polar surface area (TPSA) is 82.8 Å². The van der Waals surface area contributed by atoms with E-state index in [0.29, 0.717) is 32.7 Å². The number of benzene rings is 12. The molecule has 5 aromatic heterocycles. The molecule has 17 aromatic rings. The molecule has 0 N–H and O–H groups in total. The molecule has 5 heterocycles. The van der Waals surface area contributed by atoms with E-state index in [1.165, 1.54) is 43.8 Å². The zero-order chi connectivity index (χ0) is 62.2. The Morgan fingerprint density at radius 1 is 0.395 bits per heavy atom. The minimum absolute atomic E-state index is 0.00197. The predicted octanol–water partition coefficient (Wildman–Crippen LogP) is 19.7. The van der Waals surface area contributed by atoms with Gasteiger partial charge in [-0.1, -0.05) is 218 Å². The van der Waals surface area contributed by atoms with Crippen molar-refractivity contribution in [2.24, 2.45) is 0 Å². The summed E-state index contributed by atoms with van der Waals surface area (Å²) in [5, 5.41) is 14.0. The summed E-state index contributed by atoms with van der Waals surface area (Å²) in [6.45, 7) is 0. The van der Waals surface area contributed by atoms with E-state index in [-0.39, 0.29) is 69.3 Å². The maximum Gasteiger partial charge on any atom is 0.238 e. The zero-order valence-electron chi connectivity index (χ0n) is 52.6. The third-order valence-electron chi connectivity index (χ3n) is 15.3. The van der Waals surface area contributed by atoms with Crippen LogP contribution in [0, 0.1) is 0 Å². The van der Waals surface area contributed by atoms with Gasteiger partial charge in [0.2, 0.25) is 22.7 Å². The van der Waals surface area contributed by atoms with E-state index >= 15 is 0 Å². The molecule has 0 saturated heterocycles. The summed E-state index contributed by atoms with van der Waals surface area (Å²) in [4.78, 5) is 18.2. The van der Waals surface area contributed by atoms with Crippen molar-refractivity contribution < 1.29 is 22.5 Å². The highest BCUT2D eigenvalue weighted by molar-refractivity contribution is 6.29. The van der Waals surface area contributed by atoms with Crippen molar-refractivity contribution in [2.45, 2.75) is 6.42 Å². The summed E-state index contributed by atoms with van der Waals surface area (Å²) in [6, 6.07) is 62.0. The summed E-state index contributed by atoms with van der Waals surface area (Å²) in [6.07, 6.45) is 1.06. The van der Waals surface area contributed by atoms with Crippen molar-refractivity contribution in [3.05, 3.63) is 271 Å². The Balaban J connectivity index is 0.000000121. The molecule has 0 aliphatic heterocycles. The first-order valence-electron chi connectivity index (χ1n) is 31.3. The molecular weight excluding hydrogens is 1010 g/mol. The highest BCUT2D eigenvalue weighted by Gasteiger charge is 2.24. The summed E-state index contributed by atoms with van der Waals surface area (Å²) in [7, 11) is 0. The molecule has 0 bridgehead atoms. The van der Waals surface area contributed by atoms with Gasteiger partial charge in [0.05, 0.1) is 46.9 Å². The molecule has 0 fully saturated rings. The Morgan fingerprint density at radius 2 is 0.901 bits per heavy atom. The first kappa shape index (κ1) is 37.4. The fourth-order valence-electron chi connectivity index (χ4n) is 11.7. The van der Waals surface area contributed by atoms with Crippen molar-refractivity contribution in [3.8, 4) is 39.6 Å². The number of nitrogens with zero attached hydrogens (tertiary/aromatic N) is 5. The van der Waals surface area contributed by atoms with Gasteiger partial charge in [-0.05, 0) is 120 Å². The number of para-hydroxylation sites is 2. The second-order valence-electron chi connectivity index (χ2n) is 19.9. The Bertz CT molecular complexity index is 5950. The monoisotopic (exact) mass is 1070 g/mol. The number of furan rings is 2. The molecule has 0 saturated carbocycles. The minimum Gasteiger partial charge on any atom is -0.438 e. The van der Waals surface area contributed by atoms with Gasteiger partial charge in [0.1, 0.15) is 11.2 Å². The van der Waals surface area contributed by atoms with E-state index in [9.17, 15) is 0 Å². The Labute approximate surface area is 482 Å². The number of hydrogen-bond acceptors (Lipinski definition) is 6. The molecule has 8 heteroatoms. The van der Waals surface area contributed by atoms with E-state index in [1.54, 1.807) is 24.3 Å². The largest absolute Gasteiger partial charge is 0.438 e. The van der Waals surface area contributed by atoms with Gasteiger partial charge in [-0.25, -0.2) is 9.97 Å². The van der Waals surface area contributed by atoms with Gasteiger partial charge in [0.25, 0.3) is 0 Å². The summed E-state index contributed by atoms with van der Waals surface area (Å²) >= 11 is 5.98. The molecule has 12 aromatic carbocycles. The van der Waals surface area contributed by atoms with Crippen LogP contribution in [-0.2, 0) is 6.42 Å². The summed E-state index contributed by atoms with van der Waals surface area (Å²) < 4.78 is 96.4. The number of halogens is 1. The maximum absolute atomic E-state index is 8.83. The number of rotatable bonds is 3. The van der Waals surface area contributed by atoms with Gasteiger partial charge in [0, 0.05) is 32.7 Å². The minimum atomic E-state index is -0.466. The first-order valence-corrected chi connectivity index (χ1v) is 26.6. The van der Waals surface area contributed by atoms with E-state index in [1.807, 2.05) is 53.1 Å². The molecule has 1 aliphatic rings. The highest BCUT2D eigenvalue weighted by Crippen LogP contribution is 2.44. The molecule has 0 amide bonds. The van der Waals surface area contributed by atoms with Crippen LogP contribution in [0.3, 0.4) is 0 Å². The average Bonchev–Trinajstić information content (AvgIpc) is 1.61. The normalized spacial score (nSPS) is 13.7. The van der Waals surface area contributed by atoms with Gasteiger partial charge < -0.3 is 8.83 Å². The van der Waals surface area contributed by atoms with Crippen molar-refractivity contribution in [1.29, 1.82) is 0 Å². The van der Waals surface area contributed by atoms with Crippen molar-refractivity contribution in [3.63, 3.8) is 0 Å². The standard InChI is InChI=1S/C36H21N3O.C21H14.C16H9ClN2O/c1-2-11-23(12-3-1)34-33-27-16-8-9-17-31(27)40-35(33)38-36(37-34)39-29-19-18-22-10-6-7-15-26(22)32(29)28-20-24-13-4-5-14-25(24)21-30(28)39;1-2-7-16-13-20-18(11-15(16)6-1)12-17-10-9-14-5-3-4-8-19(14)21(17)20;17-16-18-14(10-6-2-1-3-7-10)13-11-8-4-5-9-12(11)20-15(13)19-16/h1-21H;1-11,13H,12H2;1-9H/i1D,2D,3D,11D,12D;;1D,2D,3D,6D,7D. The van der Waals surface area contributed by atoms with E-state index in [0.717, 1.165) is 49.8 Å². The lowest BCUT2D eigenvalue weighted by molar-refractivity contribution is 0.651. The van der Waals surface area contributed by atoms with Crippen LogP contribution in [-0.4, -0.2) is 24.5 Å². The Morgan fingerprint density at radius 3 is 1.56 bits per heavy atom. The van der Waals surface area contributed by atoms with E-state index < -0.39 is 36.3 Å². The fraction of sp³-hybridized carbons (Fsp3) is 0.0137. The number of hydrogen-bond donors (Lipinski definition) is 0. The number of fused-ring (bicyclic) bond motifs is 18. The van der Waals surface area contributed by atoms with E-state index in [4.69, 9.17) is 44.1 Å².